The van der Waals surface area contributed by atoms with Crippen molar-refractivity contribution in [1.29, 1.82) is 5.41 Å². The molecule has 0 fully saturated rings. The minimum Gasteiger partial charge on any atom is -0.465 e. The van der Waals surface area contributed by atoms with Crippen LogP contribution in [-0.4, -0.2) is 25.5 Å². The van der Waals surface area contributed by atoms with E-state index in [0.29, 0.717) is 11.1 Å². The summed E-state index contributed by atoms with van der Waals surface area (Å²) < 4.78 is 7.63. The van der Waals surface area contributed by atoms with Crippen molar-refractivity contribution in [2.75, 3.05) is 18.1 Å². The summed E-state index contributed by atoms with van der Waals surface area (Å²) in [5, 5.41) is 7.16. The molecule has 4 nitrogen and oxygen atoms in total. The van der Waals surface area contributed by atoms with Gasteiger partial charge in [0.1, 0.15) is 0 Å². The zero-order valence-electron chi connectivity index (χ0n) is 8.53. The van der Waals surface area contributed by atoms with E-state index in [2.05, 4.69) is 9.46 Å². The van der Waals surface area contributed by atoms with Crippen molar-refractivity contribution in [1.82, 2.24) is 0 Å². The molecule has 0 aliphatic rings. The second-order valence-corrected chi connectivity index (χ2v) is 3.40. The van der Waals surface area contributed by atoms with Crippen LogP contribution in [0.1, 0.15) is 15.9 Å². The molecule has 0 aliphatic carbocycles. The predicted octanol–water partition coefficient (Wildman–Crippen LogP) is 2.16. The number of carbonyl (C=O) groups is 1. The van der Waals surface area contributed by atoms with Crippen LogP contribution in [0.15, 0.2) is 18.2 Å². The minimum atomic E-state index is -0.400. The van der Waals surface area contributed by atoms with Gasteiger partial charge in [-0.15, -0.1) is 0 Å². The Morgan fingerprint density at radius 1 is 1.53 bits per heavy atom. The zero-order chi connectivity index (χ0) is 11.3. The molecule has 0 atom stereocenters. The average molecular weight is 224 g/mol. The van der Waals surface area contributed by atoms with Crippen LogP contribution in [-0.2, 0) is 4.74 Å². The van der Waals surface area contributed by atoms with Gasteiger partial charge in [0.05, 0.1) is 12.7 Å². The fourth-order valence-electron chi connectivity index (χ4n) is 1.15. The number of anilines is 1. The molecule has 0 aliphatic heterocycles. The maximum atomic E-state index is 11.3. The van der Waals surface area contributed by atoms with E-state index in [4.69, 9.17) is 5.41 Å². The molecule has 1 aromatic carbocycles. The number of methoxy groups -OCH3 is 1. The topological polar surface area (TPSA) is 62.2 Å². The van der Waals surface area contributed by atoms with Crippen molar-refractivity contribution in [3.8, 4) is 0 Å². The Bertz CT molecular complexity index is 380. The van der Waals surface area contributed by atoms with Crippen molar-refractivity contribution in [2.45, 2.75) is 0 Å². The van der Waals surface area contributed by atoms with Gasteiger partial charge < -0.3 is 14.9 Å². The van der Waals surface area contributed by atoms with Crippen molar-refractivity contribution >= 4 is 29.8 Å². The number of rotatable bonds is 4. The van der Waals surface area contributed by atoms with E-state index in [-0.39, 0.29) is 0 Å². The molecule has 0 radical (unpaired) electrons. The lowest BCUT2D eigenvalue weighted by atomic mass is 10.1. The third-order valence-electron chi connectivity index (χ3n) is 1.76. The van der Waals surface area contributed by atoms with Crippen LogP contribution < -0.4 is 4.72 Å². The lowest BCUT2D eigenvalue weighted by Crippen LogP contribution is -2.03. The lowest BCUT2D eigenvalue weighted by molar-refractivity contribution is 0.0601. The number of carbonyl (C=O) groups excluding carboxylic acids is 1. The van der Waals surface area contributed by atoms with Crippen LogP contribution >= 0.6 is 11.9 Å². The molecule has 1 rings (SSSR count). The van der Waals surface area contributed by atoms with Gasteiger partial charge >= 0.3 is 5.97 Å². The van der Waals surface area contributed by atoms with Crippen molar-refractivity contribution in [3.05, 3.63) is 29.3 Å². The number of nitrogens with one attached hydrogen (secondary N) is 2. The van der Waals surface area contributed by atoms with Crippen LogP contribution in [0, 0.1) is 5.41 Å². The molecule has 0 saturated carbocycles. The molecule has 2 N–H and O–H groups in total. The molecule has 5 heteroatoms. The first-order valence-electron chi connectivity index (χ1n) is 4.24. The van der Waals surface area contributed by atoms with E-state index in [0.717, 1.165) is 5.69 Å². The maximum absolute atomic E-state index is 11.3. The van der Waals surface area contributed by atoms with Crippen LogP contribution in [0.3, 0.4) is 0 Å². The molecule has 0 unspecified atom stereocenters. The fraction of sp³-hybridized carbons (Fsp3) is 0.200. The largest absolute Gasteiger partial charge is 0.465 e. The number of ether oxygens (including phenoxy) is 1. The number of hydrogen-bond donors (Lipinski definition) is 2. The molecule has 0 bridgehead atoms. The first kappa shape index (κ1) is 11.6. The van der Waals surface area contributed by atoms with Gasteiger partial charge in [-0.25, -0.2) is 4.79 Å². The molecular formula is C10H12N2O2S. The summed E-state index contributed by atoms with van der Waals surface area (Å²) in [6, 6.07) is 5.09. The predicted molar refractivity (Wildman–Crippen MR) is 62.8 cm³/mol. The van der Waals surface area contributed by atoms with Crippen LogP contribution in [0.4, 0.5) is 5.69 Å². The summed E-state index contributed by atoms with van der Waals surface area (Å²) in [5.41, 5.74) is 1.88. The standard InChI is InChI=1S/C10H12N2O2S/c1-14-10(13)8-3-7(6-11)4-9(5-8)12-15-2/h3-6,11-12H,1-2H3. The molecule has 0 spiro atoms. The Hall–Kier alpha value is -1.49. The molecule has 80 valence electrons. The summed E-state index contributed by atoms with van der Waals surface area (Å²) in [5.74, 6) is -0.400. The third-order valence-corrected chi connectivity index (χ3v) is 2.20. The number of hydrogen-bond acceptors (Lipinski definition) is 5. The van der Waals surface area contributed by atoms with Gasteiger partial charge in [0.15, 0.2) is 0 Å². The molecule has 1 aromatic rings. The lowest BCUT2D eigenvalue weighted by Gasteiger charge is -2.06. The average Bonchev–Trinajstić information content (AvgIpc) is 2.28. The molecule has 0 saturated heterocycles. The minimum absolute atomic E-state index is 0.400. The molecule has 0 amide bonds. The molecular weight excluding hydrogens is 212 g/mol. The van der Waals surface area contributed by atoms with Crippen molar-refractivity contribution in [3.63, 3.8) is 0 Å². The van der Waals surface area contributed by atoms with Crippen molar-refractivity contribution < 1.29 is 9.53 Å². The summed E-state index contributed by atoms with van der Waals surface area (Å²) in [4.78, 5) is 11.3. The number of esters is 1. The highest BCUT2D eigenvalue weighted by atomic mass is 32.2. The van der Waals surface area contributed by atoms with Crippen LogP contribution in [0.2, 0.25) is 0 Å². The monoisotopic (exact) mass is 224 g/mol. The Kier molecular flexibility index (Phi) is 4.17. The smallest absolute Gasteiger partial charge is 0.337 e. The fourth-order valence-corrected chi connectivity index (χ4v) is 1.50. The van der Waals surface area contributed by atoms with E-state index in [9.17, 15) is 4.79 Å². The summed E-state index contributed by atoms with van der Waals surface area (Å²) in [7, 11) is 1.33. The van der Waals surface area contributed by atoms with Gasteiger partial charge in [0, 0.05) is 18.2 Å². The Labute approximate surface area is 92.7 Å². The first-order chi connectivity index (χ1) is 7.21. The van der Waals surface area contributed by atoms with E-state index < -0.39 is 5.97 Å². The normalized spacial score (nSPS) is 9.47. The Balaban J connectivity index is 3.10. The highest BCUT2D eigenvalue weighted by molar-refractivity contribution is 7.99. The second-order valence-electron chi connectivity index (χ2n) is 2.79. The quantitative estimate of drug-likeness (QED) is 0.467. The Morgan fingerprint density at radius 2 is 2.27 bits per heavy atom. The highest BCUT2D eigenvalue weighted by Gasteiger charge is 2.07. The summed E-state index contributed by atoms with van der Waals surface area (Å²) in [6.07, 6.45) is 3.08. The van der Waals surface area contributed by atoms with Gasteiger partial charge in [-0.1, -0.05) is 11.9 Å². The van der Waals surface area contributed by atoms with Gasteiger partial charge in [0.2, 0.25) is 0 Å². The SMILES string of the molecule is COC(=O)c1cc(C=N)cc(NSC)c1. The zero-order valence-corrected chi connectivity index (χ0v) is 9.35. The first-order valence-corrected chi connectivity index (χ1v) is 5.46. The van der Waals surface area contributed by atoms with Gasteiger partial charge in [-0.05, 0) is 23.8 Å². The number of benzene rings is 1. The van der Waals surface area contributed by atoms with E-state index in [1.807, 2.05) is 6.26 Å². The Morgan fingerprint density at radius 3 is 2.80 bits per heavy atom. The van der Waals surface area contributed by atoms with E-state index in [1.54, 1.807) is 18.2 Å². The molecule has 0 heterocycles. The molecule has 0 aromatic heterocycles. The second kappa shape index (κ2) is 5.41. The van der Waals surface area contributed by atoms with Crippen molar-refractivity contribution in [2.24, 2.45) is 0 Å². The van der Waals surface area contributed by atoms with Gasteiger partial charge in [-0.2, -0.15) is 0 Å². The summed E-state index contributed by atoms with van der Waals surface area (Å²) in [6.45, 7) is 0. The summed E-state index contributed by atoms with van der Waals surface area (Å²) >= 11 is 1.42. The van der Waals surface area contributed by atoms with Crippen LogP contribution in [0.5, 0.6) is 0 Å². The van der Waals surface area contributed by atoms with Gasteiger partial charge in [-0.3, -0.25) is 0 Å². The molecule has 15 heavy (non-hydrogen) atoms. The third kappa shape index (κ3) is 2.99. The van der Waals surface area contributed by atoms with E-state index in [1.165, 1.54) is 25.3 Å². The van der Waals surface area contributed by atoms with Crippen LogP contribution in [0.25, 0.3) is 0 Å². The van der Waals surface area contributed by atoms with E-state index >= 15 is 0 Å². The maximum Gasteiger partial charge on any atom is 0.337 e. The van der Waals surface area contributed by atoms with Gasteiger partial charge in [0.25, 0.3) is 0 Å². The highest BCUT2D eigenvalue weighted by Crippen LogP contribution is 2.17.